The third-order valence-corrected chi connectivity index (χ3v) is 3.55. The van der Waals surface area contributed by atoms with Crippen LogP contribution in [0.4, 0.5) is 0 Å². The molecule has 0 atom stereocenters. The second-order valence-corrected chi connectivity index (χ2v) is 5.60. The van der Waals surface area contributed by atoms with E-state index < -0.39 is 17.4 Å². The topological polar surface area (TPSA) is 66.5 Å². The predicted octanol–water partition coefficient (Wildman–Crippen LogP) is 1.27. The number of carbonyl (C=O) groups excluding carboxylic acids is 3. The first-order valence-corrected chi connectivity index (χ1v) is 6.71. The quantitative estimate of drug-likeness (QED) is 0.657. The van der Waals surface area contributed by atoms with Crippen LogP contribution < -0.4 is 5.32 Å². The van der Waals surface area contributed by atoms with Crippen LogP contribution in [-0.4, -0.2) is 34.7 Å². The molecule has 1 aromatic rings. The van der Waals surface area contributed by atoms with E-state index >= 15 is 0 Å². The Morgan fingerprint density at radius 1 is 1.24 bits per heavy atom. The third kappa shape index (κ3) is 3.18. The van der Waals surface area contributed by atoms with Crippen molar-refractivity contribution in [3.8, 4) is 0 Å². The maximum absolute atomic E-state index is 12.3. The van der Waals surface area contributed by atoms with Crippen molar-refractivity contribution < 1.29 is 14.4 Å². The Hall–Kier alpha value is -2.43. The van der Waals surface area contributed by atoms with Crippen LogP contribution in [-0.2, 0) is 14.4 Å². The number of piperazine rings is 1. The molecule has 0 radical (unpaired) electrons. The number of amides is 3. The van der Waals surface area contributed by atoms with Gasteiger partial charge in [-0.15, -0.1) is 0 Å². The van der Waals surface area contributed by atoms with Crippen LogP contribution in [0.2, 0.25) is 0 Å². The number of carbonyl (C=O) groups is 3. The summed E-state index contributed by atoms with van der Waals surface area (Å²) in [6.45, 7) is 5.10. The van der Waals surface area contributed by atoms with Gasteiger partial charge in [-0.25, -0.2) is 0 Å². The summed E-state index contributed by atoms with van der Waals surface area (Å²) in [5.74, 6) is -1.28. The fourth-order valence-corrected chi connectivity index (χ4v) is 2.07. The van der Waals surface area contributed by atoms with E-state index in [4.69, 9.17) is 0 Å². The maximum Gasteiger partial charge on any atom is 0.252 e. The Morgan fingerprint density at radius 2 is 1.86 bits per heavy atom. The predicted molar refractivity (Wildman–Crippen MR) is 79.2 cm³/mol. The maximum atomic E-state index is 12.3. The summed E-state index contributed by atoms with van der Waals surface area (Å²) in [5.41, 5.74) is 0.986. The standard InChI is InChI=1S/C16H18N2O3/c1-11-4-6-12(7-5-11)8-9-14(20)18-10-13(19)17-15(21)16(18,2)3/h4-9H,10H2,1-3H3,(H,17,19,21). The van der Waals surface area contributed by atoms with E-state index in [0.717, 1.165) is 11.1 Å². The second-order valence-electron chi connectivity index (χ2n) is 5.60. The van der Waals surface area contributed by atoms with E-state index in [-0.39, 0.29) is 12.5 Å². The lowest BCUT2D eigenvalue weighted by Crippen LogP contribution is -2.65. The molecule has 21 heavy (non-hydrogen) atoms. The lowest BCUT2D eigenvalue weighted by Gasteiger charge is -2.39. The number of hydrogen-bond donors (Lipinski definition) is 1. The minimum absolute atomic E-state index is 0.115. The van der Waals surface area contributed by atoms with Crippen molar-refractivity contribution in [3.05, 3.63) is 41.5 Å². The number of nitrogens with one attached hydrogen (secondary N) is 1. The Kier molecular flexibility index (Phi) is 3.93. The van der Waals surface area contributed by atoms with Gasteiger partial charge in [-0.1, -0.05) is 29.8 Å². The van der Waals surface area contributed by atoms with Crippen molar-refractivity contribution in [2.45, 2.75) is 26.3 Å². The van der Waals surface area contributed by atoms with Crippen molar-refractivity contribution in [1.82, 2.24) is 10.2 Å². The van der Waals surface area contributed by atoms with Crippen LogP contribution in [0.25, 0.3) is 6.08 Å². The first-order chi connectivity index (χ1) is 9.80. The van der Waals surface area contributed by atoms with Gasteiger partial charge in [0.25, 0.3) is 5.91 Å². The van der Waals surface area contributed by atoms with Crippen LogP contribution in [0.15, 0.2) is 30.3 Å². The summed E-state index contributed by atoms with van der Waals surface area (Å²) in [5, 5.41) is 2.24. The molecule has 1 aliphatic rings. The van der Waals surface area contributed by atoms with Gasteiger partial charge in [0, 0.05) is 6.08 Å². The first kappa shape index (κ1) is 15.0. The normalized spacial score (nSPS) is 18.0. The Balaban J connectivity index is 2.16. The molecule has 1 N–H and O–H groups in total. The van der Waals surface area contributed by atoms with Crippen LogP contribution in [0.3, 0.4) is 0 Å². The summed E-state index contributed by atoms with van der Waals surface area (Å²) in [4.78, 5) is 36.8. The minimum Gasteiger partial charge on any atom is -0.316 e. The summed E-state index contributed by atoms with van der Waals surface area (Å²) >= 11 is 0. The summed E-state index contributed by atoms with van der Waals surface area (Å²) < 4.78 is 0. The molecule has 5 nitrogen and oxygen atoms in total. The Labute approximate surface area is 123 Å². The highest BCUT2D eigenvalue weighted by Gasteiger charge is 2.42. The van der Waals surface area contributed by atoms with Crippen molar-refractivity contribution in [2.24, 2.45) is 0 Å². The highest BCUT2D eigenvalue weighted by molar-refractivity contribution is 6.08. The monoisotopic (exact) mass is 286 g/mol. The number of nitrogens with zero attached hydrogens (tertiary/aromatic N) is 1. The number of hydrogen-bond acceptors (Lipinski definition) is 3. The van der Waals surface area contributed by atoms with E-state index in [1.54, 1.807) is 19.9 Å². The van der Waals surface area contributed by atoms with Gasteiger partial charge in [-0.05, 0) is 32.4 Å². The van der Waals surface area contributed by atoms with Crippen LogP contribution in [0.5, 0.6) is 0 Å². The average molecular weight is 286 g/mol. The second kappa shape index (κ2) is 5.52. The number of rotatable bonds is 2. The highest BCUT2D eigenvalue weighted by atomic mass is 16.2. The van der Waals surface area contributed by atoms with Crippen LogP contribution >= 0.6 is 0 Å². The molecule has 1 heterocycles. The summed E-state index contributed by atoms with van der Waals surface area (Å²) in [7, 11) is 0. The molecule has 0 saturated carbocycles. The fraction of sp³-hybridized carbons (Fsp3) is 0.312. The largest absolute Gasteiger partial charge is 0.316 e. The molecule has 3 amide bonds. The molecule has 1 aromatic carbocycles. The molecule has 0 spiro atoms. The highest BCUT2D eigenvalue weighted by Crippen LogP contribution is 2.19. The van der Waals surface area contributed by atoms with Crippen molar-refractivity contribution in [1.29, 1.82) is 0 Å². The zero-order valence-electron chi connectivity index (χ0n) is 12.3. The molecular weight excluding hydrogens is 268 g/mol. The fourth-order valence-electron chi connectivity index (χ4n) is 2.07. The van der Waals surface area contributed by atoms with Gasteiger partial charge in [-0.2, -0.15) is 0 Å². The molecule has 2 rings (SSSR count). The molecule has 0 unspecified atom stereocenters. The molecule has 1 saturated heterocycles. The first-order valence-electron chi connectivity index (χ1n) is 6.71. The third-order valence-electron chi connectivity index (χ3n) is 3.55. The van der Waals surface area contributed by atoms with Gasteiger partial charge < -0.3 is 4.90 Å². The van der Waals surface area contributed by atoms with E-state index in [1.807, 2.05) is 31.2 Å². The zero-order valence-corrected chi connectivity index (χ0v) is 12.3. The SMILES string of the molecule is Cc1ccc(C=CC(=O)N2CC(=O)NC(=O)C2(C)C)cc1. The lowest BCUT2D eigenvalue weighted by atomic mass is 9.98. The van der Waals surface area contributed by atoms with E-state index in [1.165, 1.54) is 11.0 Å². The summed E-state index contributed by atoms with van der Waals surface area (Å²) in [6.07, 6.45) is 3.06. The van der Waals surface area contributed by atoms with Gasteiger partial charge >= 0.3 is 0 Å². The zero-order chi connectivity index (χ0) is 15.6. The van der Waals surface area contributed by atoms with Crippen molar-refractivity contribution in [2.75, 3.05) is 6.54 Å². The van der Waals surface area contributed by atoms with Gasteiger partial charge in [0.1, 0.15) is 12.1 Å². The van der Waals surface area contributed by atoms with Gasteiger partial charge in [-0.3, -0.25) is 19.7 Å². The van der Waals surface area contributed by atoms with E-state index in [2.05, 4.69) is 5.32 Å². The minimum atomic E-state index is -1.04. The molecule has 110 valence electrons. The van der Waals surface area contributed by atoms with Crippen LogP contribution in [0.1, 0.15) is 25.0 Å². The molecule has 5 heteroatoms. The lowest BCUT2D eigenvalue weighted by molar-refractivity contribution is -0.153. The number of benzene rings is 1. The number of imide groups is 1. The van der Waals surface area contributed by atoms with E-state index in [9.17, 15) is 14.4 Å². The Bertz CT molecular complexity index is 615. The smallest absolute Gasteiger partial charge is 0.252 e. The van der Waals surface area contributed by atoms with Gasteiger partial charge in [0.2, 0.25) is 11.8 Å². The molecule has 1 aliphatic heterocycles. The van der Waals surface area contributed by atoms with E-state index in [0.29, 0.717) is 0 Å². The number of aryl methyl sites for hydroxylation is 1. The van der Waals surface area contributed by atoms with Crippen molar-refractivity contribution >= 4 is 23.8 Å². The average Bonchev–Trinajstić information content (AvgIpc) is 2.42. The van der Waals surface area contributed by atoms with Gasteiger partial charge in [0.05, 0.1) is 0 Å². The van der Waals surface area contributed by atoms with Gasteiger partial charge in [0.15, 0.2) is 0 Å². The van der Waals surface area contributed by atoms with Crippen LogP contribution in [0, 0.1) is 6.92 Å². The molecule has 1 fully saturated rings. The molecular formula is C16H18N2O3. The Morgan fingerprint density at radius 3 is 2.48 bits per heavy atom. The van der Waals surface area contributed by atoms with Crippen molar-refractivity contribution in [3.63, 3.8) is 0 Å². The molecule has 0 aromatic heterocycles. The molecule has 0 aliphatic carbocycles. The molecule has 0 bridgehead atoms. The summed E-state index contributed by atoms with van der Waals surface area (Å²) in [6, 6.07) is 7.70.